The summed E-state index contributed by atoms with van der Waals surface area (Å²) in [6, 6.07) is 19.2. The van der Waals surface area contributed by atoms with E-state index in [1.54, 1.807) is 32.0 Å². The predicted molar refractivity (Wildman–Crippen MR) is 132 cm³/mol. The van der Waals surface area contributed by atoms with Gasteiger partial charge in [-0.1, -0.05) is 60.1 Å². The van der Waals surface area contributed by atoms with E-state index in [9.17, 15) is 18.8 Å². The Hall–Kier alpha value is -4.04. The first-order valence-electron chi connectivity index (χ1n) is 10.9. The maximum atomic E-state index is 13.7. The molecular weight excluding hydrogens is 471 g/mol. The molecule has 9 heteroatoms. The van der Waals surface area contributed by atoms with E-state index in [1.807, 2.05) is 30.3 Å². The molecule has 1 aromatic heterocycles. The zero-order valence-corrected chi connectivity index (χ0v) is 19.8. The maximum Gasteiger partial charge on any atom is 0.352 e. The largest absolute Gasteiger partial charge is 0.352 e. The van der Waals surface area contributed by atoms with E-state index in [-0.39, 0.29) is 12.2 Å². The van der Waals surface area contributed by atoms with Crippen LogP contribution in [0.15, 0.2) is 82.4 Å². The molecule has 4 rings (SSSR count). The highest BCUT2D eigenvalue weighted by Crippen LogP contribution is 2.18. The van der Waals surface area contributed by atoms with Crippen LogP contribution in [0.4, 0.5) is 4.39 Å². The fourth-order valence-electron chi connectivity index (χ4n) is 3.59. The van der Waals surface area contributed by atoms with Crippen LogP contribution in [0.1, 0.15) is 40.1 Å². The lowest BCUT2D eigenvalue weighted by atomic mass is 10.1. The number of hydrogen-bond donors (Lipinski definition) is 1. The lowest BCUT2D eigenvalue weighted by Gasteiger charge is -2.16. The number of nitrogens with one attached hydrogen (secondary N) is 1. The molecule has 7 nitrogen and oxygen atoms in total. The van der Waals surface area contributed by atoms with Crippen LogP contribution >= 0.6 is 11.6 Å². The van der Waals surface area contributed by atoms with Gasteiger partial charge in [-0.25, -0.2) is 9.18 Å². The van der Waals surface area contributed by atoms with Crippen LogP contribution in [0.3, 0.4) is 0 Å². The first-order valence-corrected chi connectivity index (χ1v) is 11.2. The standard InChI is InChI=1S/C26H22ClFN4O3/c1-16-11-12-21(14-22(16)27)32-26(35)31(15-18-7-6-10-20(28)13-18)25(34)23(30-32)24(33)29-17(2)19-8-4-3-5-9-19/h3-14,17H,15H2,1-2H3,(H,29,33). The monoisotopic (exact) mass is 492 g/mol. The van der Waals surface area contributed by atoms with Crippen LogP contribution in [-0.2, 0) is 6.54 Å². The number of hydrogen-bond acceptors (Lipinski definition) is 4. The van der Waals surface area contributed by atoms with Crippen LogP contribution in [0.25, 0.3) is 5.69 Å². The van der Waals surface area contributed by atoms with Gasteiger partial charge in [0.25, 0.3) is 11.5 Å². The quantitative estimate of drug-likeness (QED) is 0.440. The number of halogens is 2. The summed E-state index contributed by atoms with van der Waals surface area (Å²) < 4.78 is 15.6. The lowest BCUT2D eigenvalue weighted by Crippen LogP contribution is -2.46. The molecule has 1 unspecified atom stereocenters. The van der Waals surface area contributed by atoms with Crippen LogP contribution in [0, 0.1) is 12.7 Å². The lowest BCUT2D eigenvalue weighted by molar-refractivity contribution is 0.0930. The van der Waals surface area contributed by atoms with Gasteiger partial charge in [0, 0.05) is 5.02 Å². The van der Waals surface area contributed by atoms with Crippen molar-refractivity contribution >= 4 is 17.5 Å². The minimum Gasteiger partial charge on any atom is -0.344 e. The highest BCUT2D eigenvalue weighted by atomic mass is 35.5. The van der Waals surface area contributed by atoms with Gasteiger partial charge in [-0.05, 0) is 54.8 Å². The zero-order chi connectivity index (χ0) is 25.1. The van der Waals surface area contributed by atoms with E-state index in [2.05, 4.69) is 10.4 Å². The normalized spacial score (nSPS) is 11.8. The number of aromatic nitrogens is 3. The highest BCUT2D eigenvalue weighted by molar-refractivity contribution is 6.31. The van der Waals surface area contributed by atoms with Gasteiger partial charge in [0.1, 0.15) is 5.82 Å². The van der Waals surface area contributed by atoms with Crippen molar-refractivity contribution in [3.8, 4) is 5.69 Å². The summed E-state index contributed by atoms with van der Waals surface area (Å²) in [7, 11) is 0. The van der Waals surface area contributed by atoms with Gasteiger partial charge in [0.05, 0.1) is 18.3 Å². The average Bonchev–Trinajstić information content (AvgIpc) is 2.84. The molecule has 0 spiro atoms. The van der Waals surface area contributed by atoms with Gasteiger partial charge in [0.15, 0.2) is 0 Å². The summed E-state index contributed by atoms with van der Waals surface area (Å²) in [5.74, 6) is -1.25. The third-order valence-electron chi connectivity index (χ3n) is 5.55. The molecule has 0 fully saturated rings. The topological polar surface area (TPSA) is 86.0 Å². The molecule has 1 amide bonds. The second kappa shape index (κ2) is 10.1. The Kier molecular flexibility index (Phi) is 6.93. The average molecular weight is 493 g/mol. The highest BCUT2D eigenvalue weighted by Gasteiger charge is 2.22. The fourth-order valence-corrected chi connectivity index (χ4v) is 3.76. The van der Waals surface area contributed by atoms with E-state index >= 15 is 0 Å². The first-order chi connectivity index (χ1) is 16.7. The van der Waals surface area contributed by atoms with E-state index < -0.39 is 34.7 Å². The molecular formula is C26H22ClFN4O3. The summed E-state index contributed by atoms with van der Waals surface area (Å²) in [5.41, 5.74) is 0.140. The van der Waals surface area contributed by atoms with Crippen molar-refractivity contribution in [2.45, 2.75) is 26.4 Å². The Balaban J connectivity index is 1.83. The van der Waals surface area contributed by atoms with Crippen molar-refractivity contribution in [3.63, 3.8) is 0 Å². The number of amides is 1. The fraction of sp³-hybridized carbons (Fsp3) is 0.154. The van der Waals surface area contributed by atoms with Crippen molar-refractivity contribution in [3.05, 3.63) is 127 Å². The molecule has 3 aromatic carbocycles. The summed E-state index contributed by atoms with van der Waals surface area (Å²) in [6.07, 6.45) is 0. The molecule has 4 aromatic rings. The van der Waals surface area contributed by atoms with Crippen molar-refractivity contribution in [2.75, 3.05) is 0 Å². The van der Waals surface area contributed by atoms with Gasteiger partial charge in [-0.2, -0.15) is 9.78 Å². The minimum absolute atomic E-state index is 0.244. The smallest absolute Gasteiger partial charge is 0.344 e. The summed E-state index contributed by atoms with van der Waals surface area (Å²) >= 11 is 6.24. The predicted octanol–water partition coefficient (Wildman–Crippen LogP) is 4.03. The Morgan fingerprint density at radius 2 is 1.80 bits per heavy atom. The number of rotatable bonds is 6. The van der Waals surface area contributed by atoms with Crippen molar-refractivity contribution in [1.29, 1.82) is 0 Å². The number of aryl methyl sites for hydroxylation is 1. The summed E-state index contributed by atoms with van der Waals surface area (Å²) in [4.78, 5) is 39.7. The number of benzene rings is 3. The number of nitrogens with zero attached hydrogens (tertiary/aromatic N) is 3. The molecule has 178 valence electrons. The first kappa shape index (κ1) is 24.1. The Morgan fingerprint density at radius 3 is 2.49 bits per heavy atom. The summed E-state index contributed by atoms with van der Waals surface area (Å²) in [5, 5.41) is 7.25. The second-order valence-corrected chi connectivity index (χ2v) is 8.51. The van der Waals surface area contributed by atoms with Crippen LogP contribution in [-0.4, -0.2) is 20.3 Å². The molecule has 1 atom stereocenters. The Bertz CT molecular complexity index is 1520. The summed E-state index contributed by atoms with van der Waals surface area (Å²) in [6.45, 7) is 3.33. The van der Waals surface area contributed by atoms with E-state index in [0.717, 1.165) is 20.4 Å². The molecule has 0 bridgehead atoms. The molecule has 0 saturated carbocycles. The van der Waals surface area contributed by atoms with Crippen molar-refractivity contribution in [1.82, 2.24) is 19.7 Å². The van der Waals surface area contributed by atoms with Gasteiger partial charge in [-0.3, -0.25) is 14.2 Å². The van der Waals surface area contributed by atoms with Gasteiger partial charge in [-0.15, -0.1) is 0 Å². The van der Waals surface area contributed by atoms with Crippen LogP contribution < -0.4 is 16.6 Å². The van der Waals surface area contributed by atoms with E-state index in [0.29, 0.717) is 10.6 Å². The molecule has 1 heterocycles. The molecule has 0 aliphatic rings. The van der Waals surface area contributed by atoms with Crippen molar-refractivity contribution in [2.24, 2.45) is 0 Å². The minimum atomic E-state index is -0.883. The van der Waals surface area contributed by atoms with Crippen molar-refractivity contribution < 1.29 is 9.18 Å². The van der Waals surface area contributed by atoms with Crippen LogP contribution in [0.5, 0.6) is 0 Å². The number of carbonyl (C=O) groups is 1. The zero-order valence-electron chi connectivity index (χ0n) is 19.0. The Morgan fingerprint density at radius 1 is 1.06 bits per heavy atom. The maximum absolute atomic E-state index is 13.7. The number of carbonyl (C=O) groups excluding carboxylic acids is 1. The van der Waals surface area contributed by atoms with Gasteiger partial charge in [0.2, 0.25) is 5.69 Å². The van der Waals surface area contributed by atoms with Gasteiger partial charge < -0.3 is 5.32 Å². The molecule has 0 aliphatic heterocycles. The molecule has 0 saturated heterocycles. The molecule has 35 heavy (non-hydrogen) atoms. The third kappa shape index (κ3) is 5.22. The van der Waals surface area contributed by atoms with E-state index in [4.69, 9.17) is 11.6 Å². The Labute approximate surface area is 205 Å². The second-order valence-electron chi connectivity index (χ2n) is 8.10. The molecule has 0 radical (unpaired) electrons. The van der Waals surface area contributed by atoms with E-state index in [1.165, 1.54) is 24.3 Å². The third-order valence-corrected chi connectivity index (χ3v) is 5.96. The SMILES string of the molecule is Cc1ccc(-n2nc(C(=O)NC(C)c3ccccc3)c(=O)n(Cc3cccc(F)c3)c2=O)cc1Cl. The molecule has 0 aliphatic carbocycles. The molecule has 1 N–H and O–H groups in total. The van der Waals surface area contributed by atoms with Crippen LogP contribution in [0.2, 0.25) is 5.02 Å². The van der Waals surface area contributed by atoms with Gasteiger partial charge >= 0.3 is 5.69 Å².